The van der Waals surface area contributed by atoms with Gasteiger partial charge in [0.1, 0.15) is 5.51 Å². The first-order chi connectivity index (χ1) is 6.12. The molecule has 1 aromatic heterocycles. The Morgan fingerprint density at radius 3 is 2.77 bits per heavy atom. The average molecular weight is 198 g/mol. The topological polar surface area (TPSA) is 55.0 Å². The monoisotopic (exact) mass is 198 g/mol. The Morgan fingerprint density at radius 1 is 1.62 bits per heavy atom. The van der Waals surface area contributed by atoms with Crippen LogP contribution in [0.4, 0.5) is 5.13 Å². The maximum absolute atomic E-state index is 6.16. The van der Waals surface area contributed by atoms with E-state index in [1.54, 1.807) is 16.8 Å². The average Bonchev–Trinajstić information content (AvgIpc) is 2.49. The molecule has 1 saturated heterocycles. The molecule has 0 bridgehead atoms. The Kier molecular flexibility index (Phi) is 2.00. The molecule has 0 saturated carbocycles. The van der Waals surface area contributed by atoms with Crippen molar-refractivity contribution < 1.29 is 0 Å². The van der Waals surface area contributed by atoms with Crippen molar-refractivity contribution in [3.05, 3.63) is 5.51 Å². The van der Waals surface area contributed by atoms with Crippen LogP contribution in [-0.4, -0.2) is 28.8 Å². The Balaban J connectivity index is 1.99. The van der Waals surface area contributed by atoms with Crippen molar-refractivity contribution in [2.75, 3.05) is 18.0 Å². The molecular weight excluding hydrogens is 184 g/mol. The molecule has 4 nitrogen and oxygen atoms in total. The number of hydrogen-bond donors (Lipinski definition) is 1. The van der Waals surface area contributed by atoms with Gasteiger partial charge in [0.2, 0.25) is 5.13 Å². The predicted octanol–water partition coefficient (Wildman–Crippen LogP) is 0.712. The highest BCUT2D eigenvalue weighted by atomic mass is 32.1. The highest BCUT2D eigenvalue weighted by Crippen LogP contribution is 2.31. The number of anilines is 1. The van der Waals surface area contributed by atoms with Crippen molar-refractivity contribution in [3.63, 3.8) is 0 Å². The summed E-state index contributed by atoms with van der Waals surface area (Å²) in [6.45, 7) is 6.13. The van der Waals surface area contributed by atoms with Crippen LogP contribution in [0.3, 0.4) is 0 Å². The minimum atomic E-state index is -0.0222. The van der Waals surface area contributed by atoms with Gasteiger partial charge < -0.3 is 10.6 Å². The van der Waals surface area contributed by atoms with E-state index in [1.165, 1.54) is 0 Å². The van der Waals surface area contributed by atoms with Gasteiger partial charge in [0.05, 0.1) is 5.54 Å². The second-order valence-electron chi connectivity index (χ2n) is 3.97. The molecule has 0 aliphatic carbocycles. The van der Waals surface area contributed by atoms with Crippen molar-refractivity contribution in [3.8, 4) is 0 Å². The summed E-state index contributed by atoms with van der Waals surface area (Å²) in [6, 6.07) is 0. The number of rotatable bonds is 2. The Bertz CT molecular complexity index is 276. The zero-order valence-electron chi connectivity index (χ0n) is 7.90. The summed E-state index contributed by atoms with van der Waals surface area (Å²) >= 11 is 1.57. The second kappa shape index (κ2) is 2.92. The van der Waals surface area contributed by atoms with E-state index in [0.29, 0.717) is 5.92 Å². The molecule has 0 unspecified atom stereocenters. The minimum absolute atomic E-state index is 0.0222. The molecule has 2 heterocycles. The fourth-order valence-electron chi connectivity index (χ4n) is 1.47. The largest absolute Gasteiger partial charge is 0.343 e. The molecule has 2 rings (SSSR count). The van der Waals surface area contributed by atoms with Crippen molar-refractivity contribution >= 4 is 16.5 Å². The number of aromatic nitrogens is 2. The third-order valence-corrected chi connectivity index (χ3v) is 3.49. The zero-order chi connectivity index (χ0) is 9.47. The van der Waals surface area contributed by atoms with Crippen LogP contribution in [-0.2, 0) is 0 Å². The van der Waals surface area contributed by atoms with Crippen LogP contribution < -0.4 is 10.6 Å². The third-order valence-electron chi connectivity index (χ3n) is 2.74. The van der Waals surface area contributed by atoms with E-state index in [-0.39, 0.29) is 5.54 Å². The summed E-state index contributed by atoms with van der Waals surface area (Å²) in [5.74, 6) is 0.525. The standard InChI is InChI=1S/C8H14N4S/c1-6(2)8(9)3-12(4-8)7-11-10-5-13-7/h5-6H,3-4,9H2,1-2H3. The Morgan fingerprint density at radius 2 is 2.31 bits per heavy atom. The predicted molar refractivity (Wildman–Crippen MR) is 53.9 cm³/mol. The summed E-state index contributed by atoms with van der Waals surface area (Å²) in [7, 11) is 0. The van der Waals surface area contributed by atoms with Gasteiger partial charge in [0, 0.05) is 13.1 Å². The molecule has 0 atom stereocenters. The van der Waals surface area contributed by atoms with E-state index >= 15 is 0 Å². The van der Waals surface area contributed by atoms with E-state index in [0.717, 1.165) is 18.2 Å². The van der Waals surface area contributed by atoms with Crippen LogP contribution in [0.1, 0.15) is 13.8 Å². The molecule has 0 radical (unpaired) electrons. The van der Waals surface area contributed by atoms with Gasteiger partial charge >= 0.3 is 0 Å². The van der Waals surface area contributed by atoms with Crippen LogP contribution >= 0.6 is 11.3 Å². The van der Waals surface area contributed by atoms with Crippen molar-refractivity contribution in [1.82, 2.24) is 10.2 Å². The van der Waals surface area contributed by atoms with Crippen LogP contribution in [0.25, 0.3) is 0 Å². The molecule has 1 aliphatic rings. The third kappa shape index (κ3) is 1.42. The summed E-state index contributed by atoms with van der Waals surface area (Å²) in [6.07, 6.45) is 0. The number of nitrogens with zero attached hydrogens (tertiary/aromatic N) is 3. The van der Waals surface area contributed by atoms with Gasteiger partial charge in [0.15, 0.2) is 0 Å². The number of hydrogen-bond acceptors (Lipinski definition) is 5. The molecule has 5 heteroatoms. The molecule has 1 fully saturated rings. The maximum atomic E-state index is 6.16. The van der Waals surface area contributed by atoms with Crippen molar-refractivity contribution in [1.29, 1.82) is 0 Å². The quantitative estimate of drug-likeness (QED) is 0.760. The van der Waals surface area contributed by atoms with Gasteiger partial charge in [-0.3, -0.25) is 0 Å². The van der Waals surface area contributed by atoms with E-state index < -0.39 is 0 Å². The first-order valence-electron chi connectivity index (χ1n) is 4.42. The number of nitrogens with two attached hydrogens (primary N) is 1. The lowest BCUT2D eigenvalue weighted by Crippen LogP contribution is -2.70. The second-order valence-corrected chi connectivity index (χ2v) is 4.78. The van der Waals surface area contributed by atoms with Crippen LogP contribution in [0.5, 0.6) is 0 Å². The summed E-state index contributed by atoms with van der Waals surface area (Å²) in [4.78, 5) is 2.18. The SMILES string of the molecule is CC(C)C1(N)CN(c2nncs2)C1. The summed E-state index contributed by atoms with van der Waals surface area (Å²) in [5.41, 5.74) is 7.89. The molecular formula is C8H14N4S. The molecule has 2 N–H and O–H groups in total. The summed E-state index contributed by atoms with van der Waals surface area (Å²) in [5, 5.41) is 8.79. The lowest BCUT2D eigenvalue weighted by atomic mass is 9.81. The van der Waals surface area contributed by atoms with Gasteiger partial charge in [-0.25, -0.2) is 0 Å². The summed E-state index contributed by atoms with van der Waals surface area (Å²) < 4.78 is 0. The van der Waals surface area contributed by atoms with Crippen molar-refractivity contribution in [2.45, 2.75) is 19.4 Å². The van der Waals surface area contributed by atoms with Gasteiger partial charge in [-0.15, -0.1) is 10.2 Å². The first kappa shape index (κ1) is 8.90. The Hall–Kier alpha value is -0.680. The lowest BCUT2D eigenvalue weighted by molar-refractivity contribution is 0.244. The van der Waals surface area contributed by atoms with Crippen LogP contribution in [0.2, 0.25) is 0 Å². The molecule has 72 valence electrons. The highest BCUT2D eigenvalue weighted by Gasteiger charge is 2.42. The fourth-order valence-corrected chi connectivity index (χ4v) is 2.03. The van der Waals surface area contributed by atoms with Gasteiger partial charge in [-0.05, 0) is 5.92 Å². The Labute approximate surface area is 81.8 Å². The van der Waals surface area contributed by atoms with Gasteiger partial charge in [-0.2, -0.15) is 0 Å². The molecule has 0 aromatic carbocycles. The highest BCUT2D eigenvalue weighted by molar-refractivity contribution is 7.13. The van der Waals surface area contributed by atoms with Gasteiger partial charge in [-0.1, -0.05) is 25.2 Å². The molecule has 0 amide bonds. The lowest BCUT2D eigenvalue weighted by Gasteiger charge is -2.50. The van der Waals surface area contributed by atoms with E-state index in [1.807, 2.05) is 0 Å². The maximum Gasteiger partial charge on any atom is 0.208 e. The molecule has 1 aliphatic heterocycles. The van der Waals surface area contributed by atoms with Crippen LogP contribution in [0, 0.1) is 5.92 Å². The smallest absolute Gasteiger partial charge is 0.208 e. The van der Waals surface area contributed by atoms with E-state index in [2.05, 4.69) is 28.9 Å². The van der Waals surface area contributed by atoms with E-state index in [4.69, 9.17) is 5.73 Å². The van der Waals surface area contributed by atoms with E-state index in [9.17, 15) is 0 Å². The zero-order valence-corrected chi connectivity index (χ0v) is 8.71. The molecule has 13 heavy (non-hydrogen) atoms. The fraction of sp³-hybridized carbons (Fsp3) is 0.750. The normalized spacial score (nSPS) is 20.5. The molecule has 0 spiro atoms. The van der Waals surface area contributed by atoms with Crippen LogP contribution in [0.15, 0.2) is 5.51 Å². The molecule has 1 aromatic rings. The van der Waals surface area contributed by atoms with Crippen molar-refractivity contribution in [2.24, 2.45) is 11.7 Å². The van der Waals surface area contributed by atoms with Gasteiger partial charge in [0.25, 0.3) is 0 Å². The first-order valence-corrected chi connectivity index (χ1v) is 5.30. The minimum Gasteiger partial charge on any atom is -0.343 e.